The van der Waals surface area contributed by atoms with E-state index in [2.05, 4.69) is 4.99 Å². The highest BCUT2D eigenvalue weighted by Gasteiger charge is 2.18. The van der Waals surface area contributed by atoms with Crippen molar-refractivity contribution in [2.75, 3.05) is 11.8 Å². The first-order valence-electron chi connectivity index (χ1n) is 7.69. The lowest BCUT2D eigenvalue weighted by Crippen LogP contribution is -2.11. The van der Waals surface area contributed by atoms with Gasteiger partial charge in [-0.2, -0.15) is 0 Å². The molecule has 7 heteroatoms. The van der Waals surface area contributed by atoms with Crippen molar-refractivity contribution < 1.29 is 15.1 Å². The summed E-state index contributed by atoms with van der Waals surface area (Å²) in [6, 6.07) is 13.2. The smallest absolute Gasteiger partial charge is 0.133 e. The van der Waals surface area contributed by atoms with E-state index in [0.29, 0.717) is 23.6 Å². The van der Waals surface area contributed by atoms with Crippen LogP contribution in [-0.2, 0) is 0 Å². The van der Waals surface area contributed by atoms with Crippen LogP contribution in [0, 0.1) is 5.21 Å². The molecular formula is C18H20N3O4-. The van der Waals surface area contributed by atoms with Crippen LogP contribution in [0.4, 0.5) is 5.69 Å². The zero-order valence-electron chi connectivity index (χ0n) is 13.7. The van der Waals surface area contributed by atoms with E-state index in [4.69, 9.17) is 15.7 Å². The molecule has 25 heavy (non-hydrogen) atoms. The summed E-state index contributed by atoms with van der Waals surface area (Å²) in [6.07, 6.45) is 1.51. The first-order chi connectivity index (χ1) is 12.1. The fraction of sp³-hybridized carbons (Fsp3) is 0.167. The maximum atomic E-state index is 11.2. The van der Waals surface area contributed by atoms with E-state index in [-0.39, 0.29) is 16.5 Å². The van der Waals surface area contributed by atoms with Crippen LogP contribution in [0.3, 0.4) is 0 Å². The molecule has 0 aliphatic rings. The number of nitrogens with two attached hydrogens (primary N) is 1. The van der Waals surface area contributed by atoms with Crippen molar-refractivity contribution in [2.24, 2.45) is 10.7 Å². The van der Waals surface area contributed by atoms with Crippen molar-refractivity contribution in [3.63, 3.8) is 0 Å². The van der Waals surface area contributed by atoms with Crippen LogP contribution in [0.5, 0.6) is 11.5 Å². The lowest BCUT2D eigenvalue weighted by Gasteiger charge is -2.24. The van der Waals surface area contributed by atoms with E-state index in [0.717, 1.165) is 0 Å². The number of benzene rings is 2. The van der Waals surface area contributed by atoms with Crippen molar-refractivity contribution in [3.8, 4) is 11.5 Å². The maximum Gasteiger partial charge on any atom is 0.133 e. The molecular weight excluding hydrogens is 322 g/mol. The number of hydrogen-bond donors (Lipinski definition) is 3. The minimum absolute atomic E-state index is 0.0433. The second kappa shape index (κ2) is 8.84. The Morgan fingerprint density at radius 1 is 1.32 bits per heavy atom. The van der Waals surface area contributed by atoms with Crippen molar-refractivity contribution in [2.45, 2.75) is 13.0 Å². The number of aliphatic hydroxyl groups is 1. The van der Waals surface area contributed by atoms with Gasteiger partial charge in [0, 0.05) is 30.1 Å². The van der Waals surface area contributed by atoms with Gasteiger partial charge in [-0.15, -0.1) is 0 Å². The monoisotopic (exact) mass is 342 g/mol. The predicted octanol–water partition coefficient (Wildman–Crippen LogP) is 3.14. The third-order valence-electron chi connectivity index (χ3n) is 3.41. The van der Waals surface area contributed by atoms with Crippen LogP contribution in [0.25, 0.3) is 0 Å². The molecule has 0 saturated heterocycles. The van der Waals surface area contributed by atoms with Gasteiger partial charge in [0.15, 0.2) is 0 Å². The highest BCUT2D eigenvalue weighted by molar-refractivity contribution is 5.80. The summed E-state index contributed by atoms with van der Waals surface area (Å²) >= 11 is 0. The van der Waals surface area contributed by atoms with Crippen molar-refractivity contribution in [3.05, 3.63) is 71.1 Å². The summed E-state index contributed by atoms with van der Waals surface area (Å²) in [5, 5.41) is 30.7. The molecule has 0 bridgehead atoms. The fourth-order valence-electron chi connectivity index (χ4n) is 2.16. The molecule has 2 rings (SSSR count). The zero-order valence-corrected chi connectivity index (χ0v) is 13.7. The van der Waals surface area contributed by atoms with Crippen molar-refractivity contribution in [1.82, 2.24) is 0 Å². The van der Waals surface area contributed by atoms with Gasteiger partial charge in [-0.05, 0) is 37.3 Å². The Balaban J connectivity index is 2.44. The Hall–Kier alpha value is -2.87. The number of rotatable bonds is 7. The van der Waals surface area contributed by atoms with Crippen LogP contribution in [-0.4, -0.2) is 23.1 Å². The number of nitrogens with zero attached hydrogens (tertiary/aromatic N) is 2. The SMILES string of the molecule is CCN=CC(=CN)C(O)c1cc(N([O-])O)ccc1Oc1ccccc1. The molecule has 0 aliphatic carbocycles. The highest BCUT2D eigenvalue weighted by atomic mass is 16.8. The van der Waals surface area contributed by atoms with Crippen LogP contribution in [0.2, 0.25) is 0 Å². The molecule has 4 N–H and O–H groups in total. The maximum absolute atomic E-state index is 11.2. The Morgan fingerprint density at radius 2 is 2.04 bits per heavy atom. The summed E-state index contributed by atoms with van der Waals surface area (Å²) in [6.45, 7) is 2.38. The number of aliphatic imine (C=N–C) groups is 1. The summed E-state index contributed by atoms with van der Waals surface area (Å²) in [4.78, 5) is 4.07. The molecule has 0 spiro atoms. The first-order valence-corrected chi connectivity index (χ1v) is 7.69. The Bertz CT molecular complexity index is 745. The van der Waals surface area contributed by atoms with Gasteiger partial charge in [0.25, 0.3) is 0 Å². The van der Waals surface area contributed by atoms with Crippen LogP contribution in [0.1, 0.15) is 18.6 Å². The third kappa shape index (κ3) is 4.80. The molecule has 0 saturated carbocycles. The standard InChI is InChI=1S/C18H20N3O4/c1-2-20-12-13(11-19)18(22)16-10-14(21(23)24)8-9-17(16)25-15-6-4-3-5-7-15/h3-12,18,22-23H,2,19H2,1H3/q-1. The van der Waals surface area contributed by atoms with E-state index >= 15 is 0 Å². The second-order valence-electron chi connectivity index (χ2n) is 5.11. The lowest BCUT2D eigenvalue weighted by molar-refractivity contribution is 0.218. The molecule has 0 aromatic heterocycles. The van der Waals surface area contributed by atoms with Gasteiger partial charge in [-0.1, -0.05) is 18.2 Å². The second-order valence-corrected chi connectivity index (χ2v) is 5.11. The Kier molecular flexibility index (Phi) is 6.53. The molecule has 0 amide bonds. The molecule has 7 nitrogen and oxygen atoms in total. The molecule has 0 heterocycles. The minimum atomic E-state index is -1.18. The van der Waals surface area contributed by atoms with Gasteiger partial charge < -0.3 is 26.0 Å². The van der Waals surface area contributed by atoms with Crippen molar-refractivity contribution >= 4 is 11.9 Å². The Labute approximate surface area is 145 Å². The van der Waals surface area contributed by atoms with Crippen molar-refractivity contribution in [1.29, 1.82) is 0 Å². The molecule has 1 unspecified atom stereocenters. The summed E-state index contributed by atoms with van der Waals surface area (Å²) in [7, 11) is 0. The number of para-hydroxylation sites is 1. The third-order valence-corrected chi connectivity index (χ3v) is 3.41. The largest absolute Gasteiger partial charge is 0.733 e. The molecule has 0 fully saturated rings. The number of hydrogen-bond acceptors (Lipinski definition) is 7. The summed E-state index contributed by atoms with van der Waals surface area (Å²) in [5.74, 6) is 0.890. The van der Waals surface area contributed by atoms with Gasteiger partial charge in [0.05, 0.1) is 5.69 Å². The van der Waals surface area contributed by atoms with E-state index in [9.17, 15) is 10.3 Å². The predicted molar refractivity (Wildman–Crippen MR) is 96.9 cm³/mol. The van der Waals surface area contributed by atoms with Gasteiger partial charge in [0.1, 0.15) is 17.6 Å². The normalized spacial score (nSPS) is 13.0. The van der Waals surface area contributed by atoms with E-state index in [1.165, 1.54) is 30.6 Å². The van der Waals surface area contributed by atoms with Gasteiger partial charge in [0.2, 0.25) is 0 Å². The average molecular weight is 342 g/mol. The van der Waals surface area contributed by atoms with E-state index in [1.54, 1.807) is 12.1 Å². The molecule has 1 atom stereocenters. The van der Waals surface area contributed by atoms with E-state index < -0.39 is 6.10 Å². The fourth-order valence-corrected chi connectivity index (χ4v) is 2.16. The van der Waals surface area contributed by atoms with Gasteiger partial charge in [-0.3, -0.25) is 10.2 Å². The first kappa shape index (κ1) is 18.5. The summed E-state index contributed by atoms with van der Waals surface area (Å²) in [5.41, 5.74) is 6.15. The summed E-state index contributed by atoms with van der Waals surface area (Å²) < 4.78 is 5.79. The van der Waals surface area contributed by atoms with Crippen LogP contribution >= 0.6 is 0 Å². The number of ether oxygens (including phenoxy) is 1. The topological polar surface area (TPSA) is 114 Å². The Morgan fingerprint density at radius 3 is 2.64 bits per heavy atom. The molecule has 132 valence electrons. The van der Waals surface area contributed by atoms with E-state index in [1.807, 2.05) is 25.1 Å². The number of aliphatic hydroxyl groups excluding tert-OH is 1. The van der Waals surface area contributed by atoms with Crippen LogP contribution < -0.4 is 15.7 Å². The molecule has 0 aliphatic heterocycles. The van der Waals surface area contributed by atoms with Crippen LogP contribution in [0.15, 0.2) is 65.3 Å². The quantitative estimate of drug-likeness (QED) is 0.526. The van der Waals surface area contributed by atoms with Gasteiger partial charge >= 0.3 is 0 Å². The zero-order chi connectivity index (χ0) is 18.2. The average Bonchev–Trinajstić information content (AvgIpc) is 2.63. The molecule has 0 radical (unpaired) electrons. The number of anilines is 1. The van der Waals surface area contributed by atoms with Gasteiger partial charge in [-0.25, -0.2) is 0 Å². The molecule has 2 aromatic rings. The molecule has 2 aromatic carbocycles. The highest BCUT2D eigenvalue weighted by Crippen LogP contribution is 2.35. The minimum Gasteiger partial charge on any atom is -0.733 e. The lowest BCUT2D eigenvalue weighted by atomic mass is 10.0.